The Morgan fingerprint density at radius 1 is 1.07 bits per heavy atom. The Kier molecular flexibility index (Phi) is 5.75. The average molecular weight is 403 g/mol. The Morgan fingerprint density at radius 2 is 1.80 bits per heavy atom. The third-order valence-corrected chi connectivity index (χ3v) is 5.35. The molecule has 5 heteroatoms. The summed E-state index contributed by atoms with van der Waals surface area (Å²) in [4.78, 5) is 0. The maximum atomic E-state index is 6.04. The van der Waals surface area contributed by atoms with E-state index in [4.69, 9.17) is 4.42 Å². The van der Waals surface area contributed by atoms with Crippen LogP contribution >= 0.6 is 0 Å². The SMILES string of the molecule is CC(NC(C)(C)CNCc1cn(C)nc1-c1cc2ccccc2o1)c1ccccc1. The van der Waals surface area contributed by atoms with Crippen LogP contribution in [0.1, 0.15) is 37.9 Å². The van der Waals surface area contributed by atoms with E-state index in [-0.39, 0.29) is 11.6 Å². The molecule has 2 aromatic carbocycles. The lowest BCUT2D eigenvalue weighted by Crippen LogP contribution is -2.48. The normalized spacial score (nSPS) is 13.1. The number of benzene rings is 2. The highest BCUT2D eigenvalue weighted by Gasteiger charge is 2.21. The van der Waals surface area contributed by atoms with Gasteiger partial charge in [-0.2, -0.15) is 5.10 Å². The van der Waals surface area contributed by atoms with Crippen molar-refractivity contribution in [2.45, 2.75) is 38.9 Å². The lowest BCUT2D eigenvalue weighted by Gasteiger charge is -2.31. The summed E-state index contributed by atoms with van der Waals surface area (Å²) in [6.45, 7) is 8.22. The van der Waals surface area contributed by atoms with Gasteiger partial charge in [0.15, 0.2) is 5.76 Å². The third kappa shape index (κ3) is 4.64. The Balaban J connectivity index is 1.41. The molecule has 2 aromatic heterocycles. The van der Waals surface area contributed by atoms with Crippen LogP contribution in [-0.2, 0) is 13.6 Å². The highest BCUT2D eigenvalue weighted by molar-refractivity contribution is 5.82. The molecular formula is C25H30N4O. The van der Waals surface area contributed by atoms with Gasteiger partial charge in [0.1, 0.15) is 11.3 Å². The zero-order valence-electron chi connectivity index (χ0n) is 18.1. The fraction of sp³-hybridized carbons (Fsp3) is 0.320. The molecule has 2 N–H and O–H groups in total. The summed E-state index contributed by atoms with van der Waals surface area (Å²) >= 11 is 0. The first-order chi connectivity index (χ1) is 14.4. The first-order valence-corrected chi connectivity index (χ1v) is 10.5. The number of hydrogen-bond acceptors (Lipinski definition) is 4. The summed E-state index contributed by atoms with van der Waals surface area (Å²) in [5, 5.41) is 13.1. The van der Waals surface area contributed by atoms with E-state index >= 15 is 0 Å². The van der Waals surface area contributed by atoms with Gasteiger partial charge >= 0.3 is 0 Å². The van der Waals surface area contributed by atoms with Gasteiger partial charge in [-0.05, 0) is 38.5 Å². The van der Waals surface area contributed by atoms with Gasteiger partial charge in [0.2, 0.25) is 0 Å². The number of nitrogens with one attached hydrogen (secondary N) is 2. The van der Waals surface area contributed by atoms with Crippen molar-refractivity contribution in [3.63, 3.8) is 0 Å². The second kappa shape index (κ2) is 8.46. The van der Waals surface area contributed by atoms with Crippen molar-refractivity contribution in [3.05, 3.63) is 78.0 Å². The first-order valence-electron chi connectivity index (χ1n) is 10.5. The molecular weight excluding hydrogens is 372 g/mol. The smallest absolute Gasteiger partial charge is 0.156 e. The van der Waals surface area contributed by atoms with Gasteiger partial charge in [0.25, 0.3) is 0 Å². The summed E-state index contributed by atoms with van der Waals surface area (Å²) in [5.41, 5.74) is 4.15. The summed E-state index contributed by atoms with van der Waals surface area (Å²) < 4.78 is 7.89. The highest BCUT2D eigenvalue weighted by atomic mass is 16.3. The molecule has 0 aliphatic carbocycles. The number of rotatable bonds is 8. The maximum Gasteiger partial charge on any atom is 0.156 e. The minimum Gasteiger partial charge on any atom is -0.454 e. The van der Waals surface area contributed by atoms with Crippen LogP contribution in [0.2, 0.25) is 0 Å². The van der Waals surface area contributed by atoms with Crippen LogP contribution in [0.15, 0.2) is 71.3 Å². The monoisotopic (exact) mass is 402 g/mol. The van der Waals surface area contributed by atoms with E-state index in [1.807, 2.05) is 29.9 Å². The van der Waals surface area contributed by atoms with Crippen molar-refractivity contribution in [1.82, 2.24) is 20.4 Å². The topological polar surface area (TPSA) is 55.0 Å². The number of aryl methyl sites for hydroxylation is 1. The molecule has 0 spiro atoms. The standard InChI is InChI=1S/C25H30N4O/c1-18(19-10-6-5-7-11-19)27-25(2,3)17-26-15-21-16-29(4)28-24(21)23-14-20-12-8-9-13-22(20)30-23/h5-14,16,18,26-27H,15,17H2,1-4H3. The van der Waals surface area contributed by atoms with Gasteiger partial charge in [-0.3, -0.25) is 4.68 Å². The van der Waals surface area contributed by atoms with Gasteiger partial charge in [0.05, 0.1) is 0 Å². The Hall–Kier alpha value is -2.89. The van der Waals surface area contributed by atoms with Crippen molar-refractivity contribution in [2.75, 3.05) is 6.54 Å². The fourth-order valence-corrected chi connectivity index (χ4v) is 3.94. The van der Waals surface area contributed by atoms with Crippen LogP contribution in [0.25, 0.3) is 22.4 Å². The zero-order chi connectivity index (χ0) is 21.1. The number of aromatic nitrogens is 2. The van der Waals surface area contributed by atoms with Crippen molar-refractivity contribution < 1.29 is 4.42 Å². The van der Waals surface area contributed by atoms with Gasteiger partial charge in [-0.15, -0.1) is 0 Å². The van der Waals surface area contributed by atoms with E-state index in [2.05, 4.69) is 85.2 Å². The molecule has 5 nitrogen and oxygen atoms in total. The molecule has 0 amide bonds. The van der Waals surface area contributed by atoms with E-state index in [0.717, 1.165) is 41.1 Å². The summed E-state index contributed by atoms with van der Waals surface area (Å²) in [7, 11) is 1.95. The van der Waals surface area contributed by atoms with E-state index in [9.17, 15) is 0 Å². The van der Waals surface area contributed by atoms with Gasteiger partial charge in [0, 0.05) is 48.9 Å². The third-order valence-electron chi connectivity index (χ3n) is 5.35. The Bertz CT molecular complexity index is 1080. The fourth-order valence-electron chi connectivity index (χ4n) is 3.94. The second-order valence-electron chi connectivity index (χ2n) is 8.59. The van der Waals surface area contributed by atoms with E-state index in [1.165, 1.54) is 5.56 Å². The molecule has 4 rings (SSSR count). The van der Waals surface area contributed by atoms with Crippen molar-refractivity contribution >= 4 is 11.0 Å². The zero-order valence-corrected chi connectivity index (χ0v) is 18.1. The Morgan fingerprint density at radius 3 is 2.57 bits per heavy atom. The molecule has 0 aliphatic rings. The molecule has 0 aliphatic heterocycles. The quantitative estimate of drug-likeness (QED) is 0.433. The molecule has 0 saturated heterocycles. The molecule has 156 valence electrons. The van der Waals surface area contributed by atoms with Crippen molar-refractivity contribution in [3.8, 4) is 11.5 Å². The number of nitrogens with zero attached hydrogens (tertiary/aromatic N) is 2. The van der Waals surface area contributed by atoms with Crippen LogP contribution in [0, 0.1) is 0 Å². The predicted octanol–water partition coefficient (Wildman–Crippen LogP) is 5.05. The first kappa shape index (κ1) is 20.4. The molecule has 0 saturated carbocycles. The number of furan rings is 1. The van der Waals surface area contributed by atoms with E-state index in [1.54, 1.807) is 0 Å². The molecule has 1 atom stereocenters. The van der Waals surface area contributed by atoms with Crippen LogP contribution in [0.5, 0.6) is 0 Å². The maximum absolute atomic E-state index is 6.04. The summed E-state index contributed by atoms with van der Waals surface area (Å²) in [6.07, 6.45) is 2.06. The molecule has 0 radical (unpaired) electrons. The molecule has 1 unspecified atom stereocenters. The van der Waals surface area contributed by atoms with E-state index in [0.29, 0.717) is 0 Å². The average Bonchev–Trinajstić information content (AvgIpc) is 3.31. The van der Waals surface area contributed by atoms with E-state index < -0.39 is 0 Å². The highest BCUT2D eigenvalue weighted by Crippen LogP contribution is 2.29. The minimum atomic E-state index is -0.0585. The number of fused-ring (bicyclic) bond motifs is 1. The lowest BCUT2D eigenvalue weighted by molar-refractivity contribution is 0.330. The predicted molar refractivity (Wildman–Crippen MR) is 122 cm³/mol. The van der Waals surface area contributed by atoms with Crippen LogP contribution in [-0.4, -0.2) is 21.9 Å². The van der Waals surface area contributed by atoms with Crippen LogP contribution in [0.4, 0.5) is 0 Å². The minimum absolute atomic E-state index is 0.0585. The molecule has 0 bridgehead atoms. The number of hydrogen-bond donors (Lipinski definition) is 2. The van der Waals surface area contributed by atoms with Crippen LogP contribution in [0.3, 0.4) is 0 Å². The van der Waals surface area contributed by atoms with Crippen LogP contribution < -0.4 is 10.6 Å². The molecule has 2 heterocycles. The van der Waals surface area contributed by atoms with Gasteiger partial charge in [-0.1, -0.05) is 48.5 Å². The second-order valence-corrected chi connectivity index (χ2v) is 8.59. The largest absolute Gasteiger partial charge is 0.454 e. The number of para-hydroxylation sites is 1. The molecule has 0 fully saturated rings. The lowest BCUT2D eigenvalue weighted by atomic mass is 10.0. The van der Waals surface area contributed by atoms with Gasteiger partial charge < -0.3 is 15.1 Å². The van der Waals surface area contributed by atoms with Crippen molar-refractivity contribution in [2.24, 2.45) is 7.05 Å². The van der Waals surface area contributed by atoms with Crippen molar-refractivity contribution in [1.29, 1.82) is 0 Å². The molecule has 30 heavy (non-hydrogen) atoms. The summed E-state index contributed by atoms with van der Waals surface area (Å²) in [5.74, 6) is 0.809. The summed E-state index contributed by atoms with van der Waals surface area (Å²) in [6, 6.07) is 21.0. The van der Waals surface area contributed by atoms with Gasteiger partial charge in [-0.25, -0.2) is 0 Å². The Labute approximate surface area is 178 Å². The molecule has 4 aromatic rings.